The number of aliphatic hydroxyl groups excluding tert-OH is 1. The number of allylic oxidation sites excluding steroid dienone is 1. The number of aliphatic hydroxyl groups is 1. The third-order valence-electron chi connectivity index (χ3n) is 15.7. The van der Waals surface area contributed by atoms with Crippen LogP contribution in [0.25, 0.3) is 0 Å². The lowest BCUT2D eigenvalue weighted by Gasteiger charge is -2.29. The Morgan fingerprint density at radius 3 is 1.00 bits per heavy atom. The summed E-state index contributed by atoms with van der Waals surface area (Å²) >= 11 is 0. The van der Waals surface area contributed by atoms with E-state index in [1.807, 2.05) is 27.2 Å². The molecule has 0 fully saturated rings. The molecule has 0 aromatic rings. The first-order valence-corrected chi connectivity index (χ1v) is 35.0. The first-order chi connectivity index (χ1) is 36.5. The minimum absolute atomic E-state index is 0.00295. The van der Waals surface area contributed by atoms with E-state index in [0.717, 1.165) is 38.5 Å². The molecule has 0 radical (unpaired) electrons. The number of phosphoric ester groups is 1. The Labute approximate surface area is 469 Å². The van der Waals surface area contributed by atoms with Gasteiger partial charge in [0.15, 0.2) is 0 Å². The fraction of sp³-hybridized carbons (Fsp3) is 0.955. The number of amides is 1. The molecule has 0 aliphatic carbocycles. The van der Waals surface area contributed by atoms with Gasteiger partial charge in [0.25, 0.3) is 7.82 Å². The summed E-state index contributed by atoms with van der Waals surface area (Å²) in [6, 6.07) is -0.883. The minimum Gasteiger partial charge on any atom is -0.756 e. The number of likely N-dealkylation sites (N-methyl/N-ethyl adjacent to an activating group) is 1. The normalized spacial score (nSPS) is 13.7. The first kappa shape index (κ1) is 74.2. The van der Waals surface area contributed by atoms with Crippen molar-refractivity contribution in [2.24, 2.45) is 0 Å². The fourth-order valence-electron chi connectivity index (χ4n) is 10.5. The van der Waals surface area contributed by atoms with Crippen molar-refractivity contribution in [2.45, 2.75) is 366 Å². The van der Waals surface area contributed by atoms with Crippen LogP contribution in [0.3, 0.4) is 0 Å². The number of carbonyl (C=O) groups excluding carboxylic acids is 1. The van der Waals surface area contributed by atoms with Gasteiger partial charge in [-0.25, -0.2) is 0 Å². The highest BCUT2D eigenvalue weighted by Gasteiger charge is 2.23. The van der Waals surface area contributed by atoms with Gasteiger partial charge in [-0.15, -0.1) is 0 Å². The maximum Gasteiger partial charge on any atom is 0.268 e. The van der Waals surface area contributed by atoms with Crippen LogP contribution in [0.15, 0.2) is 12.2 Å². The Morgan fingerprint density at radius 1 is 0.453 bits per heavy atom. The number of hydrogen-bond donors (Lipinski definition) is 2. The van der Waals surface area contributed by atoms with Crippen molar-refractivity contribution in [3.63, 3.8) is 0 Å². The molecule has 0 heterocycles. The third kappa shape index (κ3) is 60.7. The van der Waals surface area contributed by atoms with Crippen LogP contribution in [0.1, 0.15) is 354 Å². The monoisotopic (exact) mass is 1080 g/mol. The van der Waals surface area contributed by atoms with Crippen LogP contribution >= 0.6 is 7.82 Å². The summed E-state index contributed by atoms with van der Waals surface area (Å²) in [5.41, 5.74) is 0. The fourth-order valence-corrected chi connectivity index (χ4v) is 11.2. The van der Waals surface area contributed by atoms with Gasteiger partial charge < -0.3 is 28.8 Å². The van der Waals surface area contributed by atoms with Crippen LogP contribution in [0.5, 0.6) is 0 Å². The van der Waals surface area contributed by atoms with Crippen LogP contribution in [0.4, 0.5) is 0 Å². The lowest BCUT2D eigenvalue weighted by Crippen LogP contribution is -2.45. The molecule has 0 aromatic heterocycles. The molecule has 1 amide bonds. The van der Waals surface area contributed by atoms with Gasteiger partial charge in [-0.3, -0.25) is 9.36 Å². The molecule has 0 aliphatic rings. The third-order valence-corrected chi connectivity index (χ3v) is 16.7. The van der Waals surface area contributed by atoms with Crippen molar-refractivity contribution in [2.75, 3.05) is 40.9 Å². The molecule has 3 atom stereocenters. The van der Waals surface area contributed by atoms with E-state index in [-0.39, 0.29) is 19.1 Å². The second kappa shape index (κ2) is 57.9. The van der Waals surface area contributed by atoms with Crippen molar-refractivity contribution >= 4 is 13.7 Å². The highest BCUT2D eigenvalue weighted by Crippen LogP contribution is 2.38. The van der Waals surface area contributed by atoms with Crippen molar-refractivity contribution in [3.05, 3.63) is 12.2 Å². The zero-order valence-electron chi connectivity index (χ0n) is 51.3. The van der Waals surface area contributed by atoms with Crippen molar-refractivity contribution in [3.8, 4) is 0 Å². The lowest BCUT2D eigenvalue weighted by molar-refractivity contribution is -0.870. The molecule has 448 valence electrons. The van der Waals surface area contributed by atoms with Crippen LogP contribution in [-0.2, 0) is 18.4 Å². The summed E-state index contributed by atoms with van der Waals surface area (Å²) in [4.78, 5) is 25.6. The maximum atomic E-state index is 13.0. The molecule has 0 saturated heterocycles. The first-order valence-electron chi connectivity index (χ1n) is 33.6. The molecule has 8 nitrogen and oxygen atoms in total. The van der Waals surface area contributed by atoms with Crippen LogP contribution in [-0.4, -0.2) is 68.5 Å². The van der Waals surface area contributed by atoms with Gasteiger partial charge in [0.2, 0.25) is 5.91 Å². The van der Waals surface area contributed by atoms with E-state index in [0.29, 0.717) is 17.4 Å². The van der Waals surface area contributed by atoms with Gasteiger partial charge in [0.1, 0.15) is 13.2 Å². The van der Waals surface area contributed by atoms with Gasteiger partial charge in [-0.2, -0.15) is 0 Å². The predicted molar refractivity (Wildman–Crippen MR) is 326 cm³/mol. The molecule has 0 spiro atoms. The molecule has 0 rings (SSSR count). The van der Waals surface area contributed by atoms with Gasteiger partial charge >= 0.3 is 0 Å². The molecule has 2 N–H and O–H groups in total. The Morgan fingerprint density at radius 2 is 0.720 bits per heavy atom. The Hall–Kier alpha value is -0.760. The maximum absolute atomic E-state index is 13.0. The minimum atomic E-state index is -4.60. The molecule has 9 heteroatoms. The molecular weight excluding hydrogens is 948 g/mol. The topological polar surface area (TPSA) is 108 Å². The molecule has 0 saturated carbocycles. The molecular formula is C66H133N2O6P. The van der Waals surface area contributed by atoms with Crippen LogP contribution in [0, 0.1) is 0 Å². The summed E-state index contributed by atoms with van der Waals surface area (Å²) in [6.45, 7) is 4.72. The van der Waals surface area contributed by atoms with Crippen molar-refractivity contribution in [1.29, 1.82) is 0 Å². The Balaban J connectivity index is 4.06. The number of nitrogens with zero attached hydrogens (tertiary/aromatic N) is 1. The zero-order valence-corrected chi connectivity index (χ0v) is 52.2. The zero-order chi connectivity index (χ0) is 54.9. The van der Waals surface area contributed by atoms with Gasteiger partial charge in [-0.1, -0.05) is 341 Å². The summed E-state index contributed by atoms with van der Waals surface area (Å²) < 4.78 is 23.4. The smallest absolute Gasteiger partial charge is 0.268 e. The quantitative estimate of drug-likeness (QED) is 0.0272. The number of unbranched alkanes of at least 4 members (excludes halogenated alkanes) is 50. The van der Waals surface area contributed by atoms with Crippen LogP contribution < -0.4 is 10.2 Å². The standard InChI is InChI=1S/C66H133N2O6P/c1-6-8-10-12-14-16-18-20-22-24-26-28-30-32-33-34-35-36-37-39-41-43-45-47-49-51-53-55-57-59-65(69)64(63-74-75(71,72)73-62-61-68(3,4)5)67-66(70)60-58-56-54-52-50-48-46-44-42-40-38-31-29-27-25-23-21-19-17-15-13-11-9-7-2/h57,59,64-65,69H,6-56,58,60-63H2,1-5H3,(H-,67,70,71,72)/b59-57+. The van der Waals surface area contributed by atoms with E-state index in [9.17, 15) is 19.4 Å². The summed E-state index contributed by atoms with van der Waals surface area (Å²) in [5.74, 6) is -0.188. The Kier molecular flexibility index (Phi) is 57.3. The van der Waals surface area contributed by atoms with Gasteiger partial charge in [0.05, 0.1) is 39.9 Å². The number of rotatable bonds is 63. The summed E-state index contributed by atoms with van der Waals surface area (Å²) in [5, 5.41) is 14.0. The van der Waals surface area contributed by atoms with E-state index >= 15 is 0 Å². The predicted octanol–water partition coefficient (Wildman–Crippen LogP) is 20.3. The van der Waals surface area contributed by atoms with E-state index in [1.165, 1.54) is 295 Å². The highest BCUT2D eigenvalue weighted by molar-refractivity contribution is 7.45. The largest absolute Gasteiger partial charge is 0.756 e. The van der Waals surface area contributed by atoms with Crippen LogP contribution in [0.2, 0.25) is 0 Å². The van der Waals surface area contributed by atoms with E-state index in [2.05, 4.69) is 19.2 Å². The molecule has 0 aliphatic heterocycles. The number of hydrogen-bond acceptors (Lipinski definition) is 6. The number of quaternary nitrogens is 1. The van der Waals surface area contributed by atoms with E-state index < -0.39 is 20.0 Å². The summed E-state index contributed by atoms with van der Waals surface area (Å²) in [6.07, 6.45) is 73.2. The SMILES string of the molecule is CCCCCCCCCCCCCCCCCCCCCCCCCCCCC/C=C/C(O)C(COP(=O)([O-])OCC[N+](C)(C)C)NC(=O)CCCCCCCCCCCCCCCCCCCCCCCCCC. The molecule has 75 heavy (non-hydrogen) atoms. The number of carbonyl (C=O) groups is 1. The van der Waals surface area contributed by atoms with Gasteiger partial charge in [-0.05, 0) is 19.3 Å². The molecule has 0 aromatic carbocycles. The average Bonchev–Trinajstić information content (AvgIpc) is 3.37. The highest BCUT2D eigenvalue weighted by atomic mass is 31.2. The number of phosphoric acid groups is 1. The lowest BCUT2D eigenvalue weighted by atomic mass is 10.0. The molecule has 0 bridgehead atoms. The van der Waals surface area contributed by atoms with Gasteiger partial charge in [0, 0.05) is 6.42 Å². The van der Waals surface area contributed by atoms with E-state index in [1.54, 1.807) is 6.08 Å². The second-order valence-corrected chi connectivity index (χ2v) is 26.0. The number of nitrogens with one attached hydrogen (secondary N) is 1. The second-order valence-electron chi connectivity index (χ2n) is 24.5. The van der Waals surface area contributed by atoms with Crippen molar-refractivity contribution < 1.29 is 32.9 Å². The molecule has 3 unspecified atom stereocenters. The Bertz CT molecular complexity index is 1230. The summed E-state index contributed by atoms with van der Waals surface area (Å²) in [7, 11) is 1.28. The van der Waals surface area contributed by atoms with Crippen molar-refractivity contribution in [1.82, 2.24) is 5.32 Å². The average molecular weight is 1080 g/mol. The van der Waals surface area contributed by atoms with E-state index in [4.69, 9.17) is 9.05 Å².